The Morgan fingerprint density at radius 1 is 0.811 bits per heavy atom. The van der Waals surface area contributed by atoms with Crippen LogP contribution in [0.25, 0.3) is 11.1 Å². The summed E-state index contributed by atoms with van der Waals surface area (Å²) in [5, 5.41) is 30.5. The van der Waals surface area contributed by atoms with Crippen molar-refractivity contribution in [2.24, 2.45) is 5.73 Å². The van der Waals surface area contributed by atoms with E-state index in [1.54, 1.807) is 6.07 Å². The van der Waals surface area contributed by atoms with E-state index in [-0.39, 0.29) is 28.9 Å². The summed E-state index contributed by atoms with van der Waals surface area (Å²) in [5.74, 6) is -2.27. The van der Waals surface area contributed by atoms with Gasteiger partial charge in [-0.3, -0.25) is 5.41 Å². The van der Waals surface area contributed by atoms with Crippen LogP contribution in [0.3, 0.4) is 0 Å². The van der Waals surface area contributed by atoms with Crippen LogP contribution in [0.1, 0.15) is 61.4 Å². The fraction of sp³-hybridized carbons (Fsp3) is 0.100. The van der Waals surface area contributed by atoms with Crippen molar-refractivity contribution in [3.63, 3.8) is 0 Å². The molecule has 0 radical (unpaired) electrons. The van der Waals surface area contributed by atoms with Crippen molar-refractivity contribution < 1.29 is 19.8 Å². The van der Waals surface area contributed by atoms with Gasteiger partial charge in [-0.2, -0.15) is 0 Å². The Balaban J connectivity index is 1.56. The van der Waals surface area contributed by atoms with E-state index in [4.69, 9.17) is 11.1 Å². The predicted octanol–water partition coefficient (Wildman–Crippen LogP) is 5.72. The number of nitrogen functional groups attached to an aromatic ring is 1. The summed E-state index contributed by atoms with van der Waals surface area (Å²) in [4.78, 5) is 23.3. The molecule has 1 heterocycles. The fourth-order valence-electron chi connectivity index (χ4n) is 5.01. The Bertz CT molecular complexity index is 1530. The first kappa shape index (κ1) is 23.8. The summed E-state index contributed by atoms with van der Waals surface area (Å²) >= 11 is 0. The van der Waals surface area contributed by atoms with Crippen molar-refractivity contribution in [3.05, 3.63) is 124 Å². The Hall–Kier alpha value is -4.91. The minimum Gasteiger partial charge on any atom is -0.478 e. The lowest BCUT2D eigenvalue weighted by molar-refractivity contribution is 0.0696. The maximum absolute atomic E-state index is 11.9. The van der Waals surface area contributed by atoms with E-state index in [0.29, 0.717) is 16.7 Å². The molecule has 0 saturated carbocycles. The van der Waals surface area contributed by atoms with Gasteiger partial charge in [-0.05, 0) is 70.6 Å². The molecule has 0 aliphatic carbocycles. The number of rotatable bonds is 6. The van der Waals surface area contributed by atoms with Crippen molar-refractivity contribution in [3.8, 4) is 11.1 Å². The molecule has 2 unspecified atom stereocenters. The highest BCUT2D eigenvalue weighted by Gasteiger charge is 2.29. The second-order valence-electron chi connectivity index (χ2n) is 9.11. The van der Waals surface area contributed by atoms with Gasteiger partial charge in [-0.15, -0.1) is 0 Å². The third-order valence-corrected chi connectivity index (χ3v) is 6.84. The zero-order valence-corrected chi connectivity index (χ0v) is 19.8. The third-order valence-electron chi connectivity index (χ3n) is 6.84. The lowest BCUT2D eigenvalue weighted by Crippen LogP contribution is -2.23. The highest BCUT2D eigenvalue weighted by Crippen LogP contribution is 2.44. The lowest BCUT2D eigenvalue weighted by atomic mass is 9.79. The number of anilines is 1. The molecule has 0 fully saturated rings. The Morgan fingerprint density at radius 3 is 2.24 bits per heavy atom. The van der Waals surface area contributed by atoms with Crippen LogP contribution in [-0.2, 0) is 0 Å². The van der Waals surface area contributed by atoms with Gasteiger partial charge in [0.2, 0.25) is 0 Å². The predicted molar refractivity (Wildman–Crippen MR) is 143 cm³/mol. The number of amidine groups is 1. The fourth-order valence-corrected chi connectivity index (χ4v) is 5.01. The summed E-state index contributed by atoms with van der Waals surface area (Å²) in [5.41, 5.74) is 11.6. The van der Waals surface area contributed by atoms with E-state index in [1.165, 1.54) is 12.1 Å². The molecule has 0 spiro atoms. The molecule has 184 valence electrons. The Labute approximate surface area is 213 Å². The number of carbonyl (C=O) groups is 2. The van der Waals surface area contributed by atoms with Crippen LogP contribution in [0.15, 0.2) is 91.0 Å². The zero-order chi connectivity index (χ0) is 26.1. The van der Waals surface area contributed by atoms with E-state index >= 15 is 0 Å². The normalized spacial score (nSPS) is 16.3. The summed E-state index contributed by atoms with van der Waals surface area (Å²) in [7, 11) is 0. The molecular formula is C30H25N3O4. The van der Waals surface area contributed by atoms with Gasteiger partial charge in [0.15, 0.2) is 0 Å². The zero-order valence-electron chi connectivity index (χ0n) is 19.8. The molecule has 2 atom stereocenters. The second-order valence-corrected chi connectivity index (χ2v) is 9.11. The minimum atomic E-state index is -1.18. The molecule has 37 heavy (non-hydrogen) atoms. The number of hydrogen-bond acceptors (Lipinski definition) is 4. The average molecular weight is 492 g/mol. The van der Waals surface area contributed by atoms with Crippen LogP contribution in [0.4, 0.5) is 5.69 Å². The number of carboxylic acids is 2. The summed E-state index contributed by atoms with van der Waals surface area (Å²) in [6.45, 7) is 0. The molecule has 4 aromatic carbocycles. The van der Waals surface area contributed by atoms with Gasteiger partial charge in [0.25, 0.3) is 0 Å². The molecule has 0 aromatic heterocycles. The molecule has 6 N–H and O–H groups in total. The molecular weight excluding hydrogens is 466 g/mol. The molecule has 1 aliphatic rings. The molecule has 0 bridgehead atoms. The number of nitrogens with one attached hydrogen (secondary N) is 2. The molecule has 7 heteroatoms. The monoisotopic (exact) mass is 491 g/mol. The largest absolute Gasteiger partial charge is 0.478 e. The summed E-state index contributed by atoms with van der Waals surface area (Å²) in [6.07, 6.45) is 0.742. The van der Waals surface area contributed by atoms with E-state index in [9.17, 15) is 19.8 Å². The maximum Gasteiger partial charge on any atom is 0.336 e. The van der Waals surface area contributed by atoms with E-state index < -0.39 is 11.9 Å². The number of carboxylic acid groups (broad SMARTS) is 2. The Kier molecular flexibility index (Phi) is 6.19. The summed E-state index contributed by atoms with van der Waals surface area (Å²) in [6, 6.07) is 27.7. The quantitative estimate of drug-likeness (QED) is 0.173. The first-order chi connectivity index (χ1) is 17.8. The van der Waals surface area contributed by atoms with Crippen LogP contribution < -0.4 is 11.1 Å². The SMILES string of the molecule is N=C(N)c1ccc2c(c1)C(c1ccccc1)CC(c1cccc(-c3ccc(C(=O)O)cc3C(=O)O)c1)N2. The lowest BCUT2D eigenvalue weighted by Gasteiger charge is -2.34. The Morgan fingerprint density at radius 2 is 1.54 bits per heavy atom. The average Bonchev–Trinajstić information content (AvgIpc) is 2.92. The second kappa shape index (κ2) is 9.62. The van der Waals surface area contributed by atoms with Gasteiger partial charge >= 0.3 is 11.9 Å². The van der Waals surface area contributed by atoms with Gasteiger partial charge < -0.3 is 21.3 Å². The van der Waals surface area contributed by atoms with Crippen molar-refractivity contribution in [2.75, 3.05) is 5.32 Å². The van der Waals surface area contributed by atoms with E-state index in [1.807, 2.05) is 60.7 Å². The molecule has 1 aliphatic heterocycles. The van der Waals surface area contributed by atoms with Gasteiger partial charge in [0, 0.05) is 17.2 Å². The number of aromatic carboxylic acids is 2. The van der Waals surface area contributed by atoms with Crippen LogP contribution in [-0.4, -0.2) is 28.0 Å². The van der Waals surface area contributed by atoms with Crippen molar-refractivity contribution in [2.45, 2.75) is 18.4 Å². The standard InChI is InChI=1S/C30H25N3O4/c31-28(32)20-10-12-26-24(14-20)23(17-5-2-1-3-6-17)16-27(33-26)19-8-4-7-18(13-19)22-11-9-21(29(34)35)15-25(22)30(36)37/h1-15,23,27,33H,16H2,(H3,31,32)(H,34,35)(H,36,37). The van der Waals surface area contributed by atoms with Crippen LogP contribution in [0, 0.1) is 5.41 Å². The number of benzene rings is 4. The molecule has 7 nitrogen and oxygen atoms in total. The minimum absolute atomic E-state index is 0.0209. The highest BCUT2D eigenvalue weighted by atomic mass is 16.4. The first-order valence-electron chi connectivity index (χ1n) is 11.8. The van der Waals surface area contributed by atoms with Crippen LogP contribution in [0.5, 0.6) is 0 Å². The van der Waals surface area contributed by atoms with Crippen molar-refractivity contribution >= 4 is 23.5 Å². The number of nitrogens with two attached hydrogens (primary N) is 1. The maximum atomic E-state index is 11.9. The van der Waals surface area contributed by atoms with Gasteiger partial charge in [0.1, 0.15) is 5.84 Å². The van der Waals surface area contributed by atoms with E-state index in [2.05, 4.69) is 17.4 Å². The van der Waals surface area contributed by atoms with Crippen molar-refractivity contribution in [1.29, 1.82) is 5.41 Å². The van der Waals surface area contributed by atoms with Crippen molar-refractivity contribution in [1.82, 2.24) is 0 Å². The number of hydrogen-bond donors (Lipinski definition) is 5. The molecule has 0 saturated heterocycles. The smallest absolute Gasteiger partial charge is 0.336 e. The van der Waals surface area contributed by atoms with E-state index in [0.717, 1.165) is 28.8 Å². The first-order valence-corrected chi connectivity index (χ1v) is 11.8. The van der Waals surface area contributed by atoms with Gasteiger partial charge in [-0.1, -0.05) is 54.6 Å². The third kappa shape index (κ3) is 4.67. The summed E-state index contributed by atoms with van der Waals surface area (Å²) < 4.78 is 0. The topological polar surface area (TPSA) is 136 Å². The van der Waals surface area contributed by atoms with Gasteiger partial charge in [-0.25, -0.2) is 9.59 Å². The van der Waals surface area contributed by atoms with Crippen LogP contribution >= 0.6 is 0 Å². The van der Waals surface area contributed by atoms with Crippen LogP contribution in [0.2, 0.25) is 0 Å². The molecule has 5 rings (SSSR count). The molecule has 4 aromatic rings. The molecule has 0 amide bonds. The van der Waals surface area contributed by atoms with Gasteiger partial charge in [0.05, 0.1) is 17.2 Å². The highest BCUT2D eigenvalue weighted by molar-refractivity contribution is 5.99. The number of fused-ring (bicyclic) bond motifs is 1.